The Hall–Kier alpha value is -9.48. The summed E-state index contributed by atoms with van der Waals surface area (Å²) in [5.41, 5.74) is 13.5. The Kier molecular flexibility index (Phi) is 11.5. The fraction of sp³-hybridized carbons (Fsp3) is 0. The quantitative estimate of drug-likeness (QED) is 0.139. The zero-order valence-electron chi connectivity index (χ0n) is 40.6. The van der Waals surface area contributed by atoms with Gasteiger partial charge in [-0.3, -0.25) is 0 Å². The Morgan fingerprint density at radius 2 is 0.447 bits per heavy atom. The van der Waals surface area contributed by atoms with Crippen molar-refractivity contribution in [1.82, 2.24) is 29.9 Å². The molecule has 14 rings (SSSR count). The van der Waals surface area contributed by atoms with Crippen LogP contribution < -0.4 is 9.80 Å². The second-order valence-corrected chi connectivity index (χ2v) is 20.5. The molecule has 0 N–H and O–H groups in total. The summed E-state index contributed by atoms with van der Waals surface area (Å²) in [4.78, 5) is 40.5. The molecule has 2 aliphatic heterocycles. The number of rotatable bonds is 9. The normalized spacial score (nSPS) is 12.3. The highest BCUT2D eigenvalue weighted by Crippen LogP contribution is 2.57. The van der Waals surface area contributed by atoms with Gasteiger partial charge in [0.25, 0.3) is 0 Å². The molecular weight excluding hydrogens is 969 g/mol. The summed E-state index contributed by atoms with van der Waals surface area (Å²) in [6, 6.07) is 88.5. The molecule has 0 saturated carbocycles. The summed E-state index contributed by atoms with van der Waals surface area (Å²) in [5.74, 6) is 3.53. The summed E-state index contributed by atoms with van der Waals surface area (Å²) in [6.07, 6.45) is 0. The molecule has 0 fully saturated rings. The van der Waals surface area contributed by atoms with E-state index in [0.29, 0.717) is 34.9 Å². The van der Waals surface area contributed by atoms with Gasteiger partial charge in [-0.15, -0.1) is 0 Å². The minimum Gasteiger partial charge on any atom is -0.308 e. The molecule has 0 atom stereocenters. The lowest BCUT2D eigenvalue weighted by Crippen LogP contribution is -2.18. The Morgan fingerprint density at radius 1 is 0.211 bits per heavy atom. The summed E-state index contributed by atoms with van der Waals surface area (Å²) in [6.45, 7) is 0. The molecule has 8 nitrogen and oxygen atoms in total. The van der Waals surface area contributed by atoms with E-state index in [0.717, 1.165) is 98.2 Å². The van der Waals surface area contributed by atoms with Crippen molar-refractivity contribution in [3.8, 4) is 79.5 Å². The number of fused-ring (bicyclic) bond motifs is 4. The molecule has 0 amide bonds. The molecule has 0 saturated heterocycles. The van der Waals surface area contributed by atoms with Crippen LogP contribution in [0.4, 0.5) is 34.1 Å². The van der Waals surface area contributed by atoms with Crippen molar-refractivity contribution in [2.45, 2.75) is 19.6 Å². The number of nitrogens with zero attached hydrogens (tertiary/aromatic N) is 8. The maximum Gasteiger partial charge on any atom is 0.164 e. The van der Waals surface area contributed by atoms with E-state index in [-0.39, 0.29) is 0 Å². The van der Waals surface area contributed by atoms with Crippen LogP contribution in [0.15, 0.2) is 274 Å². The van der Waals surface area contributed by atoms with E-state index < -0.39 is 0 Å². The van der Waals surface area contributed by atoms with E-state index in [4.69, 9.17) is 29.9 Å². The van der Waals surface area contributed by atoms with Crippen LogP contribution >= 0.6 is 23.5 Å². The Morgan fingerprint density at radius 3 is 0.724 bits per heavy atom. The van der Waals surface area contributed by atoms with Crippen molar-refractivity contribution in [1.29, 1.82) is 0 Å². The Labute approximate surface area is 448 Å². The van der Waals surface area contributed by atoms with Crippen molar-refractivity contribution in [3.05, 3.63) is 255 Å². The first-order chi connectivity index (χ1) is 37.7. The van der Waals surface area contributed by atoms with E-state index >= 15 is 0 Å². The van der Waals surface area contributed by atoms with Crippen molar-refractivity contribution in [3.63, 3.8) is 0 Å². The van der Waals surface area contributed by atoms with Crippen LogP contribution in [0.1, 0.15) is 0 Å². The second kappa shape index (κ2) is 19.4. The lowest BCUT2D eigenvalue weighted by molar-refractivity contribution is 1.07. The molecule has 0 radical (unpaired) electrons. The van der Waals surface area contributed by atoms with Crippen molar-refractivity contribution in [2.24, 2.45) is 0 Å². The third-order valence-electron chi connectivity index (χ3n) is 13.5. The number of para-hydroxylation sites is 4. The smallest absolute Gasteiger partial charge is 0.164 e. The molecule has 2 aromatic heterocycles. The van der Waals surface area contributed by atoms with Crippen molar-refractivity contribution < 1.29 is 0 Å². The van der Waals surface area contributed by atoms with Crippen LogP contribution in [-0.4, -0.2) is 29.9 Å². The minimum atomic E-state index is 0.568. The fourth-order valence-electron chi connectivity index (χ4n) is 9.97. The molecule has 76 heavy (non-hydrogen) atoms. The van der Waals surface area contributed by atoms with Gasteiger partial charge in [-0.05, 0) is 60.7 Å². The fourth-order valence-corrected chi connectivity index (χ4v) is 12.1. The van der Waals surface area contributed by atoms with Crippen molar-refractivity contribution in [2.75, 3.05) is 9.80 Å². The van der Waals surface area contributed by atoms with Gasteiger partial charge in [0.15, 0.2) is 34.9 Å². The molecule has 12 aromatic rings. The zero-order valence-corrected chi connectivity index (χ0v) is 42.3. The Balaban J connectivity index is 1.05. The van der Waals surface area contributed by atoms with Gasteiger partial charge in [-0.2, -0.15) is 0 Å². The highest BCUT2D eigenvalue weighted by molar-refractivity contribution is 8.00. The van der Waals surface area contributed by atoms with Gasteiger partial charge in [-0.1, -0.05) is 218 Å². The predicted octanol–water partition coefficient (Wildman–Crippen LogP) is 17.6. The molecule has 0 unspecified atom stereocenters. The first-order valence-corrected chi connectivity index (χ1v) is 26.7. The van der Waals surface area contributed by atoms with Crippen LogP contribution in [0.25, 0.3) is 79.5 Å². The largest absolute Gasteiger partial charge is 0.308 e. The van der Waals surface area contributed by atoms with Crippen LogP contribution in [0.2, 0.25) is 0 Å². The van der Waals surface area contributed by atoms with Crippen LogP contribution in [0, 0.1) is 0 Å². The molecule has 2 aliphatic rings. The van der Waals surface area contributed by atoms with Crippen LogP contribution in [0.3, 0.4) is 0 Å². The summed E-state index contributed by atoms with van der Waals surface area (Å²) >= 11 is 3.57. The monoisotopic (exact) mass is 1010 g/mol. The van der Waals surface area contributed by atoms with Gasteiger partial charge in [0.05, 0.1) is 34.1 Å². The van der Waals surface area contributed by atoms with Crippen LogP contribution in [0.5, 0.6) is 0 Å². The van der Waals surface area contributed by atoms with E-state index in [1.807, 2.05) is 121 Å². The maximum atomic E-state index is 5.25. The van der Waals surface area contributed by atoms with Crippen molar-refractivity contribution >= 4 is 57.6 Å². The second-order valence-electron chi connectivity index (χ2n) is 18.3. The number of hydrogen-bond donors (Lipinski definition) is 0. The van der Waals surface area contributed by atoms with Gasteiger partial charge in [0, 0.05) is 64.1 Å². The summed E-state index contributed by atoms with van der Waals surface area (Å²) < 4.78 is 0. The minimum absolute atomic E-state index is 0.568. The molecule has 0 spiro atoms. The molecule has 0 aliphatic carbocycles. The lowest BCUT2D eigenvalue weighted by atomic mass is 9.95. The number of anilines is 6. The molecule has 4 heterocycles. The van der Waals surface area contributed by atoms with Gasteiger partial charge < -0.3 is 9.80 Å². The van der Waals surface area contributed by atoms with E-state index in [9.17, 15) is 0 Å². The standard InChI is InChI=1S/C66H42N8S2/c1-5-21-43(22-6-1)61-67-62(44-23-7-2-8-24-44)70-65(69-61)47-37-39-49(55(41-47)73-51-29-13-17-33-57(51)75-58-34-18-14-30-52(58)73)50-40-38-48(42-56(50)74-53-31-15-19-35-59(53)76-60-36-20-16-32-54(60)74)66-71-63(45-25-9-3-10-26-45)68-64(72-66)46-27-11-4-12-28-46/h1-42H. The van der Waals surface area contributed by atoms with Gasteiger partial charge in [-0.25, -0.2) is 29.9 Å². The maximum absolute atomic E-state index is 5.25. The third-order valence-corrected chi connectivity index (χ3v) is 15.8. The average Bonchev–Trinajstić information content (AvgIpc) is 3.58. The summed E-state index contributed by atoms with van der Waals surface area (Å²) in [7, 11) is 0. The highest BCUT2D eigenvalue weighted by Gasteiger charge is 2.32. The average molecular weight is 1010 g/mol. The summed E-state index contributed by atoms with van der Waals surface area (Å²) in [5, 5.41) is 0. The highest BCUT2D eigenvalue weighted by atomic mass is 32.2. The Bertz CT molecular complexity index is 3670. The van der Waals surface area contributed by atoms with E-state index in [2.05, 4.69) is 143 Å². The topological polar surface area (TPSA) is 83.8 Å². The number of benzene rings is 10. The first kappa shape index (κ1) is 45.2. The molecule has 358 valence electrons. The first-order valence-electron chi connectivity index (χ1n) is 25.0. The van der Waals surface area contributed by atoms with E-state index in [1.54, 1.807) is 23.5 Å². The van der Waals surface area contributed by atoms with Crippen LogP contribution in [-0.2, 0) is 0 Å². The van der Waals surface area contributed by atoms with E-state index in [1.165, 1.54) is 0 Å². The lowest BCUT2D eigenvalue weighted by Gasteiger charge is -2.36. The molecular formula is C66H42N8S2. The zero-order chi connectivity index (χ0) is 50.4. The SMILES string of the molecule is c1ccc(-c2nc(-c3ccccc3)nc(-c3ccc(-c4ccc(-c5nc(-c6ccccc6)nc(-c6ccccc6)n5)cc4N4c5ccccc5Sc5ccccc54)c(N4c5ccccc5Sc5ccccc54)c3)n2)cc1. The molecule has 10 heteroatoms. The molecule has 10 aromatic carbocycles. The van der Waals surface area contributed by atoms with Gasteiger partial charge >= 0.3 is 0 Å². The molecule has 0 bridgehead atoms. The number of aromatic nitrogens is 6. The van der Waals surface area contributed by atoms with Gasteiger partial charge in [0.1, 0.15) is 0 Å². The predicted molar refractivity (Wildman–Crippen MR) is 309 cm³/mol. The third kappa shape index (κ3) is 8.35. The number of hydrogen-bond acceptors (Lipinski definition) is 10. The van der Waals surface area contributed by atoms with Gasteiger partial charge in [0.2, 0.25) is 0 Å².